The molecule has 0 bridgehead atoms. The van der Waals surface area contributed by atoms with Gasteiger partial charge in [0.2, 0.25) is 0 Å². The molecule has 5 nitrogen and oxygen atoms in total. The largest absolute Gasteiger partial charge is 0.369 e. The molecule has 2 aromatic heterocycles. The Morgan fingerprint density at radius 3 is 3.07 bits per heavy atom. The van der Waals surface area contributed by atoms with Gasteiger partial charge in [0.05, 0.1) is 21.6 Å². The number of rotatable bonds is 2. The zero-order valence-electron chi connectivity index (χ0n) is 8.40. The number of nitrogens with one attached hydrogen (secondary N) is 1. The molecule has 0 fully saturated rings. The second-order valence-electron chi connectivity index (χ2n) is 3.28. The minimum Gasteiger partial charge on any atom is -0.369 e. The van der Waals surface area contributed by atoms with E-state index in [2.05, 4.69) is 42.5 Å². The molecule has 0 atom stereocenters. The van der Waals surface area contributed by atoms with Gasteiger partial charge in [-0.25, -0.2) is 15.0 Å². The highest BCUT2D eigenvalue weighted by atomic mass is 127. The molecule has 1 N–H and O–H groups in total. The standard InChI is InChI=1S/C9H10IN5/c1-15(2)5-13-9-12-4-7-8(14-9)6(10)3-11-7/h3-5,11H,1-2H3/b13-5+. The van der Waals surface area contributed by atoms with Crippen molar-refractivity contribution in [3.63, 3.8) is 0 Å². The monoisotopic (exact) mass is 315 g/mol. The zero-order valence-corrected chi connectivity index (χ0v) is 10.6. The smallest absolute Gasteiger partial charge is 0.251 e. The lowest BCUT2D eigenvalue weighted by atomic mass is 10.5. The third kappa shape index (κ3) is 2.25. The number of hydrogen-bond donors (Lipinski definition) is 1. The topological polar surface area (TPSA) is 57.2 Å². The van der Waals surface area contributed by atoms with E-state index in [4.69, 9.17) is 0 Å². The number of fused-ring (bicyclic) bond motifs is 1. The van der Waals surface area contributed by atoms with Gasteiger partial charge in [0.15, 0.2) is 0 Å². The van der Waals surface area contributed by atoms with Crippen molar-refractivity contribution in [3.05, 3.63) is 16.0 Å². The molecular formula is C9H10IN5. The molecule has 0 aromatic carbocycles. The molecule has 0 saturated carbocycles. The molecule has 2 heterocycles. The summed E-state index contributed by atoms with van der Waals surface area (Å²) in [5.41, 5.74) is 1.85. The summed E-state index contributed by atoms with van der Waals surface area (Å²) in [5.74, 6) is 0.480. The quantitative estimate of drug-likeness (QED) is 0.522. The Hall–Kier alpha value is -1.18. The molecule has 0 saturated heterocycles. The van der Waals surface area contributed by atoms with Crippen molar-refractivity contribution in [2.75, 3.05) is 14.1 Å². The highest BCUT2D eigenvalue weighted by Crippen LogP contribution is 2.18. The van der Waals surface area contributed by atoms with Crippen LogP contribution in [0, 0.1) is 3.57 Å². The Bertz CT molecular complexity index is 502. The molecule has 0 aliphatic carbocycles. The Morgan fingerprint density at radius 1 is 1.53 bits per heavy atom. The maximum absolute atomic E-state index is 4.33. The van der Waals surface area contributed by atoms with Gasteiger partial charge in [-0.1, -0.05) is 0 Å². The van der Waals surface area contributed by atoms with E-state index < -0.39 is 0 Å². The van der Waals surface area contributed by atoms with Gasteiger partial charge in [-0.05, 0) is 22.6 Å². The highest BCUT2D eigenvalue weighted by Gasteiger charge is 2.03. The summed E-state index contributed by atoms with van der Waals surface area (Å²) < 4.78 is 1.08. The fraction of sp³-hybridized carbons (Fsp3) is 0.222. The zero-order chi connectivity index (χ0) is 10.8. The second kappa shape index (κ2) is 4.13. The molecule has 78 valence electrons. The molecule has 0 amide bonds. The van der Waals surface area contributed by atoms with Crippen LogP contribution in [0.2, 0.25) is 0 Å². The minimum atomic E-state index is 0.480. The number of halogens is 1. The van der Waals surface area contributed by atoms with Crippen LogP contribution >= 0.6 is 22.6 Å². The van der Waals surface area contributed by atoms with Gasteiger partial charge >= 0.3 is 0 Å². The summed E-state index contributed by atoms with van der Waals surface area (Å²) >= 11 is 2.23. The number of aromatic nitrogens is 3. The molecule has 0 aliphatic rings. The van der Waals surface area contributed by atoms with Crippen molar-refractivity contribution in [2.24, 2.45) is 4.99 Å². The highest BCUT2D eigenvalue weighted by molar-refractivity contribution is 14.1. The van der Waals surface area contributed by atoms with Crippen LogP contribution in [0.1, 0.15) is 0 Å². The van der Waals surface area contributed by atoms with Gasteiger partial charge in [-0.2, -0.15) is 0 Å². The van der Waals surface area contributed by atoms with Crippen LogP contribution in [0.5, 0.6) is 0 Å². The van der Waals surface area contributed by atoms with E-state index in [9.17, 15) is 0 Å². The molecular weight excluding hydrogens is 305 g/mol. The second-order valence-corrected chi connectivity index (χ2v) is 4.44. The van der Waals surface area contributed by atoms with Crippen molar-refractivity contribution in [3.8, 4) is 0 Å². The number of H-pyrrole nitrogens is 1. The maximum atomic E-state index is 4.33. The average Bonchev–Trinajstić information content (AvgIpc) is 2.57. The normalized spacial score (nSPS) is 11.4. The Morgan fingerprint density at radius 2 is 2.33 bits per heavy atom. The van der Waals surface area contributed by atoms with Gasteiger partial charge in [-0.3, -0.25) is 0 Å². The molecule has 0 aliphatic heterocycles. The first-order valence-electron chi connectivity index (χ1n) is 4.37. The third-order valence-corrected chi connectivity index (χ3v) is 2.58. The van der Waals surface area contributed by atoms with Crippen molar-refractivity contribution >= 4 is 45.9 Å². The maximum Gasteiger partial charge on any atom is 0.251 e. The van der Waals surface area contributed by atoms with E-state index >= 15 is 0 Å². The molecule has 2 rings (SSSR count). The SMILES string of the molecule is CN(C)/C=N/c1ncc2[nH]cc(I)c2n1. The van der Waals surface area contributed by atoms with E-state index in [0.29, 0.717) is 5.95 Å². The summed E-state index contributed by atoms with van der Waals surface area (Å²) in [4.78, 5) is 17.5. The van der Waals surface area contributed by atoms with Gasteiger partial charge in [0.25, 0.3) is 5.95 Å². The lowest BCUT2D eigenvalue weighted by Gasteiger charge is -2.01. The van der Waals surface area contributed by atoms with Crippen molar-refractivity contribution < 1.29 is 0 Å². The van der Waals surface area contributed by atoms with Crippen molar-refractivity contribution in [1.29, 1.82) is 0 Å². The molecule has 0 radical (unpaired) electrons. The molecule has 15 heavy (non-hydrogen) atoms. The number of aliphatic imine (C=N–C) groups is 1. The first-order chi connectivity index (χ1) is 7.16. The van der Waals surface area contributed by atoms with Crippen LogP contribution in [0.25, 0.3) is 11.0 Å². The minimum absolute atomic E-state index is 0.480. The van der Waals surface area contributed by atoms with Crippen LogP contribution in [0.3, 0.4) is 0 Å². The lowest BCUT2D eigenvalue weighted by molar-refractivity contribution is 0.642. The van der Waals surface area contributed by atoms with Crippen LogP contribution in [-0.4, -0.2) is 40.3 Å². The van der Waals surface area contributed by atoms with Crippen molar-refractivity contribution in [2.45, 2.75) is 0 Å². The number of hydrogen-bond acceptors (Lipinski definition) is 3. The summed E-state index contributed by atoms with van der Waals surface area (Å²) in [6, 6.07) is 0. The van der Waals surface area contributed by atoms with E-state index in [1.165, 1.54) is 0 Å². The summed E-state index contributed by atoms with van der Waals surface area (Å²) in [5, 5.41) is 0. The van der Waals surface area contributed by atoms with Crippen LogP contribution in [0.4, 0.5) is 5.95 Å². The predicted octanol–water partition coefficient (Wildman–Crippen LogP) is 1.78. The van der Waals surface area contributed by atoms with E-state index in [1.54, 1.807) is 12.5 Å². The number of nitrogens with zero attached hydrogens (tertiary/aromatic N) is 4. The third-order valence-electron chi connectivity index (χ3n) is 1.76. The van der Waals surface area contributed by atoms with E-state index in [0.717, 1.165) is 14.6 Å². The Labute approximate surface area is 101 Å². The Balaban J connectivity index is 2.41. The molecule has 0 spiro atoms. The van der Waals surface area contributed by atoms with Gasteiger partial charge in [0, 0.05) is 20.3 Å². The van der Waals surface area contributed by atoms with Crippen LogP contribution < -0.4 is 0 Å². The first kappa shape index (κ1) is 10.3. The molecule has 0 unspecified atom stereocenters. The number of aromatic amines is 1. The van der Waals surface area contributed by atoms with Gasteiger partial charge < -0.3 is 9.88 Å². The van der Waals surface area contributed by atoms with Crippen LogP contribution in [0.15, 0.2) is 17.4 Å². The Kier molecular flexibility index (Phi) is 2.85. The molecule has 2 aromatic rings. The summed E-state index contributed by atoms with van der Waals surface area (Å²) in [6.07, 6.45) is 5.33. The predicted molar refractivity (Wildman–Crippen MR) is 68.4 cm³/mol. The first-order valence-corrected chi connectivity index (χ1v) is 5.45. The summed E-state index contributed by atoms with van der Waals surface area (Å²) in [7, 11) is 3.81. The van der Waals surface area contributed by atoms with E-state index in [-0.39, 0.29) is 0 Å². The fourth-order valence-corrected chi connectivity index (χ4v) is 1.67. The lowest BCUT2D eigenvalue weighted by Crippen LogP contribution is -2.07. The van der Waals surface area contributed by atoms with Gasteiger partial charge in [0.1, 0.15) is 5.52 Å². The molecule has 6 heteroatoms. The van der Waals surface area contributed by atoms with Crippen molar-refractivity contribution in [1.82, 2.24) is 19.9 Å². The average molecular weight is 315 g/mol. The van der Waals surface area contributed by atoms with Gasteiger partial charge in [-0.15, -0.1) is 0 Å². The van der Waals surface area contributed by atoms with E-state index in [1.807, 2.05) is 25.2 Å². The fourth-order valence-electron chi connectivity index (χ4n) is 1.10. The summed E-state index contributed by atoms with van der Waals surface area (Å²) in [6.45, 7) is 0. The van der Waals surface area contributed by atoms with Crippen LogP contribution in [-0.2, 0) is 0 Å².